The molecule has 8 nitrogen and oxygen atoms in total. The van der Waals surface area contributed by atoms with Gasteiger partial charge in [0, 0.05) is 12.8 Å². The molecule has 0 amide bonds. The molecule has 0 bridgehead atoms. The van der Waals surface area contributed by atoms with Crippen molar-refractivity contribution < 1.29 is 37.9 Å². The molecule has 0 aliphatic carbocycles. The van der Waals surface area contributed by atoms with E-state index in [9.17, 15) is 14.2 Å². The normalized spacial score (nSPS) is 12.6. The summed E-state index contributed by atoms with van der Waals surface area (Å²) in [7, 11) is -4.75. The van der Waals surface area contributed by atoms with Crippen LogP contribution < -0.4 is 0 Å². The van der Waals surface area contributed by atoms with Gasteiger partial charge in [-0.15, -0.1) is 0 Å². The number of phosphoric acid groups is 1. The van der Waals surface area contributed by atoms with Crippen molar-refractivity contribution in [3.8, 4) is 0 Å². The average Bonchev–Trinajstić information content (AvgIpc) is 3.14. The van der Waals surface area contributed by atoms with Gasteiger partial charge in [-0.2, -0.15) is 0 Å². The van der Waals surface area contributed by atoms with Crippen LogP contribution in [0.1, 0.15) is 232 Å². The van der Waals surface area contributed by atoms with Gasteiger partial charge in [-0.1, -0.05) is 179 Å². The molecule has 0 aromatic heterocycles. The number of hydrogen-bond donors (Lipinski definition) is 2. The van der Waals surface area contributed by atoms with Gasteiger partial charge >= 0.3 is 19.8 Å². The van der Waals surface area contributed by atoms with E-state index in [-0.39, 0.29) is 19.4 Å². The Bertz CT molecular complexity index is 931. The first-order chi connectivity index (χ1) is 26.3. The van der Waals surface area contributed by atoms with Crippen molar-refractivity contribution >= 4 is 19.8 Å². The lowest BCUT2D eigenvalue weighted by molar-refractivity contribution is -0.161. The molecule has 318 valence electrons. The van der Waals surface area contributed by atoms with Crippen molar-refractivity contribution in [1.82, 2.24) is 0 Å². The van der Waals surface area contributed by atoms with E-state index in [0.29, 0.717) is 6.42 Å². The first-order valence-corrected chi connectivity index (χ1v) is 24.2. The molecule has 0 spiro atoms. The first-order valence-electron chi connectivity index (χ1n) is 22.6. The summed E-state index contributed by atoms with van der Waals surface area (Å²) in [6, 6.07) is 0. The average molecular weight is 785 g/mol. The fourth-order valence-electron chi connectivity index (χ4n) is 6.54. The maximum atomic E-state index is 12.4. The highest BCUT2D eigenvalue weighted by Crippen LogP contribution is 2.36. The summed E-state index contributed by atoms with van der Waals surface area (Å²) < 4.78 is 26.4. The van der Waals surface area contributed by atoms with Gasteiger partial charge in [0.2, 0.25) is 0 Å². The number of hydrogen-bond acceptors (Lipinski definition) is 6. The van der Waals surface area contributed by atoms with Crippen LogP contribution in [-0.2, 0) is 28.2 Å². The molecule has 0 unspecified atom stereocenters. The summed E-state index contributed by atoms with van der Waals surface area (Å²) in [4.78, 5) is 42.9. The fraction of sp³-hybridized carbons (Fsp3) is 0.867. The molecule has 0 aromatic carbocycles. The molecule has 0 saturated heterocycles. The van der Waals surface area contributed by atoms with Gasteiger partial charge in [-0.25, -0.2) is 4.57 Å². The molecule has 0 heterocycles. The first kappa shape index (κ1) is 52.5. The van der Waals surface area contributed by atoms with Crippen molar-refractivity contribution in [3.05, 3.63) is 24.3 Å². The lowest BCUT2D eigenvalue weighted by atomic mass is 10.0. The van der Waals surface area contributed by atoms with Crippen molar-refractivity contribution in [2.24, 2.45) is 0 Å². The van der Waals surface area contributed by atoms with E-state index in [1.54, 1.807) is 0 Å². The van der Waals surface area contributed by atoms with Crippen LogP contribution in [-0.4, -0.2) is 41.0 Å². The zero-order valence-electron chi connectivity index (χ0n) is 35.1. The number of carbonyl (C=O) groups excluding carboxylic acids is 2. The minimum absolute atomic E-state index is 0.209. The molecular formula is C45H85O8P. The Labute approximate surface area is 332 Å². The van der Waals surface area contributed by atoms with Crippen LogP contribution >= 0.6 is 7.82 Å². The van der Waals surface area contributed by atoms with Gasteiger partial charge < -0.3 is 19.3 Å². The summed E-state index contributed by atoms with van der Waals surface area (Å²) in [5.41, 5.74) is 0. The molecule has 0 aliphatic heterocycles. The van der Waals surface area contributed by atoms with E-state index in [1.807, 2.05) is 0 Å². The standard InChI is InChI=1S/C45H85O8P/c1-3-5-7-9-11-13-15-17-19-20-21-22-23-24-26-27-29-31-33-35-37-39-44(46)51-41-43(42-52-54(48,49)50)53-45(47)40-38-36-34-32-30-28-25-18-16-14-12-10-8-6-4-2/h14,16-17,19,43H,3-13,15,18,20-42H2,1-2H3,(H2,48,49,50)/b16-14-,19-17-/t43-/m1/s1. The third kappa shape index (κ3) is 43.3. The number of esters is 2. The Morgan fingerprint density at radius 2 is 0.778 bits per heavy atom. The van der Waals surface area contributed by atoms with E-state index in [4.69, 9.17) is 19.3 Å². The Balaban J connectivity index is 3.84. The van der Waals surface area contributed by atoms with Gasteiger partial charge in [-0.05, 0) is 64.2 Å². The Hall–Kier alpha value is -1.47. The van der Waals surface area contributed by atoms with Gasteiger partial charge in [0.05, 0.1) is 6.61 Å². The van der Waals surface area contributed by atoms with Crippen LogP contribution in [0.5, 0.6) is 0 Å². The lowest BCUT2D eigenvalue weighted by Gasteiger charge is -2.18. The fourth-order valence-corrected chi connectivity index (χ4v) is 6.90. The molecule has 1 atom stereocenters. The van der Waals surface area contributed by atoms with Crippen LogP contribution in [0.3, 0.4) is 0 Å². The third-order valence-electron chi connectivity index (χ3n) is 9.94. The molecule has 54 heavy (non-hydrogen) atoms. The molecule has 2 N–H and O–H groups in total. The number of ether oxygens (including phenoxy) is 2. The predicted octanol–water partition coefficient (Wildman–Crippen LogP) is 14.0. The Morgan fingerprint density at radius 3 is 1.15 bits per heavy atom. The smallest absolute Gasteiger partial charge is 0.462 e. The monoisotopic (exact) mass is 785 g/mol. The molecule has 0 radical (unpaired) electrons. The van der Waals surface area contributed by atoms with E-state index in [2.05, 4.69) is 42.7 Å². The van der Waals surface area contributed by atoms with Crippen molar-refractivity contribution in [3.63, 3.8) is 0 Å². The van der Waals surface area contributed by atoms with Crippen molar-refractivity contribution in [2.75, 3.05) is 13.2 Å². The molecule has 0 saturated carbocycles. The molecule has 0 fully saturated rings. The zero-order valence-corrected chi connectivity index (χ0v) is 36.0. The summed E-state index contributed by atoms with van der Waals surface area (Å²) >= 11 is 0. The second-order valence-electron chi connectivity index (χ2n) is 15.4. The van der Waals surface area contributed by atoms with Crippen molar-refractivity contribution in [2.45, 2.75) is 238 Å². The number of phosphoric ester groups is 1. The van der Waals surface area contributed by atoms with Crippen LogP contribution in [0.4, 0.5) is 0 Å². The van der Waals surface area contributed by atoms with E-state index >= 15 is 0 Å². The summed E-state index contributed by atoms with van der Waals surface area (Å²) in [6.07, 6.45) is 47.6. The van der Waals surface area contributed by atoms with Crippen LogP contribution in [0, 0.1) is 0 Å². The lowest BCUT2D eigenvalue weighted by Crippen LogP contribution is -2.29. The van der Waals surface area contributed by atoms with E-state index < -0.39 is 32.5 Å². The van der Waals surface area contributed by atoms with Crippen molar-refractivity contribution in [1.29, 1.82) is 0 Å². The highest BCUT2D eigenvalue weighted by atomic mass is 31.2. The quantitative estimate of drug-likeness (QED) is 0.0272. The van der Waals surface area contributed by atoms with Gasteiger partial charge in [0.15, 0.2) is 6.10 Å². The number of allylic oxidation sites excluding steroid dienone is 4. The molecule has 0 aliphatic rings. The van der Waals surface area contributed by atoms with Gasteiger partial charge in [0.25, 0.3) is 0 Å². The van der Waals surface area contributed by atoms with Crippen LogP contribution in [0.25, 0.3) is 0 Å². The third-order valence-corrected chi connectivity index (χ3v) is 10.4. The van der Waals surface area contributed by atoms with Crippen LogP contribution in [0.2, 0.25) is 0 Å². The summed E-state index contributed by atoms with van der Waals surface area (Å²) in [5, 5.41) is 0. The maximum absolute atomic E-state index is 12.4. The highest BCUT2D eigenvalue weighted by Gasteiger charge is 2.22. The molecule has 9 heteroatoms. The minimum Gasteiger partial charge on any atom is -0.462 e. The SMILES string of the molecule is CCCCCC/C=C\CCCCCCCCCC(=O)O[C@H](COC(=O)CCCCCCCCCCCCC/C=C\CCCCCCCC)COP(=O)(O)O. The van der Waals surface area contributed by atoms with Crippen LogP contribution in [0.15, 0.2) is 24.3 Å². The topological polar surface area (TPSA) is 119 Å². The van der Waals surface area contributed by atoms with Gasteiger partial charge in [0.1, 0.15) is 6.61 Å². The van der Waals surface area contributed by atoms with E-state index in [0.717, 1.165) is 44.9 Å². The highest BCUT2D eigenvalue weighted by molar-refractivity contribution is 7.46. The second kappa shape index (κ2) is 41.2. The summed E-state index contributed by atoms with van der Waals surface area (Å²) in [5.74, 6) is -0.882. The predicted molar refractivity (Wildman–Crippen MR) is 225 cm³/mol. The number of unbranched alkanes of at least 4 members (excludes halogenated alkanes) is 28. The van der Waals surface area contributed by atoms with Gasteiger partial charge in [-0.3, -0.25) is 14.1 Å². The zero-order chi connectivity index (χ0) is 39.6. The molecular weight excluding hydrogens is 699 g/mol. The summed E-state index contributed by atoms with van der Waals surface area (Å²) in [6.45, 7) is 3.69. The largest absolute Gasteiger partial charge is 0.469 e. The molecule has 0 aromatic rings. The van der Waals surface area contributed by atoms with E-state index in [1.165, 1.54) is 154 Å². The Morgan fingerprint density at radius 1 is 0.463 bits per heavy atom. The minimum atomic E-state index is -4.75. The maximum Gasteiger partial charge on any atom is 0.469 e. The Kier molecular flexibility index (Phi) is 40.1. The number of rotatable bonds is 42. The molecule has 0 rings (SSSR count). The number of carbonyl (C=O) groups is 2. The second-order valence-corrected chi connectivity index (χ2v) is 16.6.